The largest absolute Gasteiger partial charge is 0.376 e. The summed E-state index contributed by atoms with van der Waals surface area (Å²) in [5, 5.41) is 4.88. The quantitative estimate of drug-likeness (QED) is 0.764. The van der Waals surface area contributed by atoms with E-state index in [1.807, 2.05) is 7.11 Å². The Morgan fingerprint density at radius 3 is 2.50 bits per heavy atom. The SMILES string of the molecule is COC1(C2NCC(C)S2)CCCCC1. The van der Waals surface area contributed by atoms with Gasteiger partial charge in [0, 0.05) is 18.9 Å². The molecule has 0 aromatic heterocycles. The van der Waals surface area contributed by atoms with Crippen molar-refractivity contribution in [2.75, 3.05) is 13.7 Å². The molecule has 2 unspecified atom stereocenters. The highest BCUT2D eigenvalue weighted by Crippen LogP contribution is 2.41. The Bertz CT molecular complexity index is 192. The second-order valence-corrected chi connectivity index (χ2v) is 6.11. The molecule has 1 saturated carbocycles. The van der Waals surface area contributed by atoms with Crippen LogP contribution in [0.15, 0.2) is 0 Å². The Labute approximate surface area is 91.2 Å². The topological polar surface area (TPSA) is 21.3 Å². The van der Waals surface area contributed by atoms with Gasteiger partial charge >= 0.3 is 0 Å². The van der Waals surface area contributed by atoms with E-state index in [1.165, 1.54) is 32.1 Å². The molecule has 1 saturated heterocycles. The maximum atomic E-state index is 5.83. The summed E-state index contributed by atoms with van der Waals surface area (Å²) >= 11 is 2.06. The van der Waals surface area contributed by atoms with E-state index in [9.17, 15) is 0 Å². The van der Waals surface area contributed by atoms with E-state index in [-0.39, 0.29) is 5.60 Å². The van der Waals surface area contributed by atoms with E-state index < -0.39 is 0 Å². The Balaban J connectivity index is 2.03. The van der Waals surface area contributed by atoms with Gasteiger partial charge in [-0.05, 0) is 12.8 Å². The number of thioether (sulfide) groups is 1. The molecule has 3 heteroatoms. The number of hydrogen-bond donors (Lipinski definition) is 1. The van der Waals surface area contributed by atoms with Gasteiger partial charge in [0.1, 0.15) is 0 Å². The third kappa shape index (κ3) is 1.95. The summed E-state index contributed by atoms with van der Waals surface area (Å²) in [5.74, 6) is 0. The third-order valence-electron chi connectivity index (χ3n) is 3.54. The van der Waals surface area contributed by atoms with Crippen LogP contribution in [0.4, 0.5) is 0 Å². The van der Waals surface area contributed by atoms with Crippen molar-refractivity contribution >= 4 is 11.8 Å². The zero-order valence-corrected chi connectivity index (χ0v) is 10.0. The van der Waals surface area contributed by atoms with Crippen LogP contribution < -0.4 is 5.32 Å². The van der Waals surface area contributed by atoms with Crippen molar-refractivity contribution in [3.05, 3.63) is 0 Å². The average molecular weight is 215 g/mol. The molecule has 2 aliphatic rings. The van der Waals surface area contributed by atoms with Crippen molar-refractivity contribution < 1.29 is 4.74 Å². The highest BCUT2D eigenvalue weighted by Gasteiger charge is 2.43. The predicted molar refractivity (Wildman–Crippen MR) is 61.7 cm³/mol. The zero-order valence-electron chi connectivity index (χ0n) is 9.21. The zero-order chi connectivity index (χ0) is 10.0. The van der Waals surface area contributed by atoms with E-state index in [2.05, 4.69) is 24.0 Å². The lowest BCUT2D eigenvalue weighted by atomic mass is 9.84. The van der Waals surface area contributed by atoms with Gasteiger partial charge in [0.15, 0.2) is 0 Å². The van der Waals surface area contributed by atoms with Gasteiger partial charge < -0.3 is 10.1 Å². The molecule has 0 spiro atoms. The fourth-order valence-electron chi connectivity index (χ4n) is 2.64. The molecular formula is C11H21NOS. The Morgan fingerprint density at radius 1 is 1.29 bits per heavy atom. The molecule has 0 aromatic carbocycles. The summed E-state index contributed by atoms with van der Waals surface area (Å²) in [6.07, 6.45) is 6.53. The maximum absolute atomic E-state index is 5.83. The van der Waals surface area contributed by atoms with E-state index in [4.69, 9.17) is 4.74 Å². The van der Waals surface area contributed by atoms with Crippen LogP contribution in [0.1, 0.15) is 39.0 Å². The van der Waals surface area contributed by atoms with Crippen molar-refractivity contribution in [2.24, 2.45) is 0 Å². The first-order valence-electron chi connectivity index (χ1n) is 5.71. The van der Waals surface area contributed by atoms with Gasteiger partial charge in [-0.2, -0.15) is 0 Å². The summed E-state index contributed by atoms with van der Waals surface area (Å²) in [5.41, 5.74) is 0.133. The molecule has 1 aliphatic carbocycles. The van der Waals surface area contributed by atoms with Crippen LogP contribution in [0.5, 0.6) is 0 Å². The fourth-order valence-corrected chi connectivity index (χ4v) is 4.06. The van der Waals surface area contributed by atoms with Crippen LogP contribution in [0, 0.1) is 0 Å². The second-order valence-electron chi connectivity index (χ2n) is 4.56. The van der Waals surface area contributed by atoms with Crippen LogP contribution in [0.3, 0.4) is 0 Å². The van der Waals surface area contributed by atoms with Gasteiger partial charge in [-0.3, -0.25) is 0 Å². The molecule has 0 aromatic rings. The molecule has 14 heavy (non-hydrogen) atoms. The minimum Gasteiger partial charge on any atom is -0.376 e. The molecule has 82 valence electrons. The van der Waals surface area contributed by atoms with Crippen LogP contribution in [-0.4, -0.2) is 29.9 Å². The number of ether oxygens (including phenoxy) is 1. The van der Waals surface area contributed by atoms with Gasteiger partial charge in [0.25, 0.3) is 0 Å². The van der Waals surface area contributed by atoms with Crippen molar-refractivity contribution in [2.45, 2.75) is 55.3 Å². The minimum atomic E-state index is 0.133. The number of hydrogen-bond acceptors (Lipinski definition) is 3. The first kappa shape index (κ1) is 10.8. The number of methoxy groups -OCH3 is 1. The number of rotatable bonds is 2. The lowest BCUT2D eigenvalue weighted by Gasteiger charge is -2.40. The molecular weight excluding hydrogens is 194 g/mol. The third-order valence-corrected chi connectivity index (χ3v) is 5.04. The second kappa shape index (κ2) is 4.42. The molecule has 2 atom stereocenters. The van der Waals surface area contributed by atoms with E-state index in [0.29, 0.717) is 5.37 Å². The van der Waals surface area contributed by atoms with Crippen molar-refractivity contribution in [3.63, 3.8) is 0 Å². The molecule has 1 N–H and O–H groups in total. The highest BCUT2D eigenvalue weighted by molar-refractivity contribution is 8.00. The molecule has 2 fully saturated rings. The molecule has 1 aliphatic heterocycles. The molecule has 0 bridgehead atoms. The summed E-state index contributed by atoms with van der Waals surface area (Å²) in [6, 6.07) is 0. The van der Waals surface area contributed by atoms with E-state index in [1.54, 1.807) is 0 Å². The Morgan fingerprint density at radius 2 is 2.00 bits per heavy atom. The Kier molecular flexibility index (Phi) is 3.40. The van der Waals surface area contributed by atoms with E-state index in [0.717, 1.165) is 11.8 Å². The van der Waals surface area contributed by atoms with Crippen molar-refractivity contribution in [1.29, 1.82) is 0 Å². The van der Waals surface area contributed by atoms with Crippen LogP contribution in [-0.2, 0) is 4.74 Å². The maximum Gasteiger partial charge on any atom is 0.0924 e. The molecule has 2 rings (SSSR count). The fraction of sp³-hybridized carbons (Fsp3) is 1.00. The highest BCUT2D eigenvalue weighted by atomic mass is 32.2. The van der Waals surface area contributed by atoms with Gasteiger partial charge in [-0.25, -0.2) is 0 Å². The first-order chi connectivity index (χ1) is 6.77. The normalized spacial score (nSPS) is 37.3. The van der Waals surface area contributed by atoms with Gasteiger partial charge in [0.2, 0.25) is 0 Å². The molecule has 1 heterocycles. The molecule has 0 radical (unpaired) electrons. The van der Waals surface area contributed by atoms with Gasteiger partial charge in [-0.1, -0.05) is 26.2 Å². The molecule has 0 amide bonds. The summed E-state index contributed by atoms with van der Waals surface area (Å²) in [4.78, 5) is 0. The van der Waals surface area contributed by atoms with Crippen molar-refractivity contribution in [3.8, 4) is 0 Å². The number of nitrogens with one attached hydrogen (secondary N) is 1. The first-order valence-corrected chi connectivity index (χ1v) is 6.65. The summed E-state index contributed by atoms with van der Waals surface area (Å²) in [7, 11) is 1.89. The monoisotopic (exact) mass is 215 g/mol. The molecule has 2 nitrogen and oxygen atoms in total. The minimum absolute atomic E-state index is 0.133. The van der Waals surface area contributed by atoms with Gasteiger partial charge in [-0.15, -0.1) is 11.8 Å². The summed E-state index contributed by atoms with van der Waals surface area (Å²) < 4.78 is 5.83. The van der Waals surface area contributed by atoms with Crippen LogP contribution in [0.25, 0.3) is 0 Å². The average Bonchev–Trinajstić information content (AvgIpc) is 2.66. The standard InChI is InChI=1S/C11H21NOS/c1-9-8-12-10(14-9)11(13-2)6-4-3-5-7-11/h9-10,12H,3-8H2,1-2H3. The van der Waals surface area contributed by atoms with Crippen molar-refractivity contribution in [1.82, 2.24) is 5.32 Å². The van der Waals surface area contributed by atoms with E-state index >= 15 is 0 Å². The smallest absolute Gasteiger partial charge is 0.0924 e. The van der Waals surface area contributed by atoms with Gasteiger partial charge in [0.05, 0.1) is 11.0 Å². The predicted octanol–water partition coefficient (Wildman–Crippen LogP) is 2.39. The Hall–Kier alpha value is 0.270. The summed E-state index contributed by atoms with van der Waals surface area (Å²) in [6.45, 7) is 3.43. The lowest BCUT2D eigenvalue weighted by Crippen LogP contribution is -2.49. The van der Waals surface area contributed by atoms with Crippen LogP contribution in [0.2, 0.25) is 0 Å². The lowest BCUT2D eigenvalue weighted by molar-refractivity contribution is -0.0446. The van der Waals surface area contributed by atoms with Crippen LogP contribution >= 0.6 is 11.8 Å².